The molecule has 0 aliphatic heterocycles. The predicted octanol–water partition coefficient (Wildman–Crippen LogP) is 1.95. The van der Waals surface area contributed by atoms with E-state index in [2.05, 4.69) is 0 Å². The lowest BCUT2D eigenvalue weighted by Crippen LogP contribution is -2.21. The summed E-state index contributed by atoms with van der Waals surface area (Å²) in [6.45, 7) is 2.48. The Labute approximate surface area is 105 Å². The van der Waals surface area contributed by atoms with Crippen molar-refractivity contribution in [3.8, 4) is 0 Å². The molecule has 2 rings (SSSR count). The summed E-state index contributed by atoms with van der Waals surface area (Å²) in [5.41, 5.74) is -0.0719. The Morgan fingerprint density at radius 2 is 2.06 bits per heavy atom. The lowest BCUT2D eigenvalue weighted by atomic mass is 10.2. The molecule has 18 heavy (non-hydrogen) atoms. The van der Waals surface area contributed by atoms with Gasteiger partial charge in [0.2, 0.25) is 0 Å². The average molecular weight is 245 g/mol. The summed E-state index contributed by atoms with van der Waals surface area (Å²) in [6, 6.07) is 9.29. The predicted molar refractivity (Wildman–Crippen MR) is 69.5 cm³/mol. The summed E-state index contributed by atoms with van der Waals surface area (Å²) < 4.78 is 6.38. The van der Waals surface area contributed by atoms with E-state index in [1.54, 1.807) is 23.8 Å². The van der Waals surface area contributed by atoms with Crippen LogP contribution in [0.4, 0.5) is 0 Å². The molecule has 0 N–H and O–H groups in total. The topological polar surface area (TPSA) is 48.3 Å². The first-order valence-electron chi connectivity index (χ1n) is 5.96. The Bertz CT molecular complexity index is 616. The van der Waals surface area contributed by atoms with E-state index in [9.17, 15) is 9.59 Å². The van der Waals surface area contributed by atoms with Crippen molar-refractivity contribution >= 4 is 16.7 Å². The number of esters is 1. The van der Waals surface area contributed by atoms with Gasteiger partial charge in [0.25, 0.3) is 5.56 Å². The highest BCUT2D eigenvalue weighted by Crippen LogP contribution is 2.08. The molecule has 0 unspecified atom stereocenters. The smallest absolute Gasteiger partial charge is 0.307 e. The minimum atomic E-state index is -0.280. The molecule has 0 spiro atoms. The first-order valence-corrected chi connectivity index (χ1v) is 5.96. The second-order valence-corrected chi connectivity index (χ2v) is 3.96. The quantitative estimate of drug-likeness (QED) is 0.773. The molecule has 0 aliphatic carbocycles. The van der Waals surface area contributed by atoms with Crippen LogP contribution in [0.3, 0.4) is 0 Å². The van der Waals surface area contributed by atoms with E-state index in [4.69, 9.17) is 4.74 Å². The van der Waals surface area contributed by atoms with Gasteiger partial charge in [-0.1, -0.05) is 18.2 Å². The fourth-order valence-electron chi connectivity index (χ4n) is 1.85. The number of ether oxygens (including phenoxy) is 1. The summed E-state index contributed by atoms with van der Waals surface area (Å²) in [6.07, 6.45) is 1.93. The maximum absolute atomic E-state index is 12.1. The van der Waals surface area contributed by atoms with Crippen LogP contribution in [0.2, 0.25) is 0 Å². The summed E-state index contributed by atoms with van der Waals surface area (Å²) in [7, 11) is 0. The van der Waals surface area contributed by atoms with E-state index in [1.807, 2.05) is 24.3 Å². The maximum atomic E-state index is 12.1. The van der Waals surface area contributed by atoms with E-state index >= 15 is 0 Å². The molecule has 2 aromatic rings. The number of aromatic nitrogens is 1. The summed E-state index contributed by atoms with van der Waals surface area (Å²) in [5.74, 6) is -0.280. The van der Waals surface area contributed by atoms with E-state index in [0.29, 0.717) is 18.5 Å². The van der Waals surface area contributed by atoms with Gasteiger partial charge in [-0.2, -0.15) is 0 Å². The van der Waals surface area contributed by atoms with Gasteiger partial charge >= 0.3 is 5.97 Å². The number of benzene rings is 1. The number of hydrogen-bond donors (Lipinski definition) is 0. The summed E-state index contributed by atoms with van der Waals surface area (Å²) in [4.78, 5) is 23.4. The van der Waals surface area contributed by atoms with Crippen molar-refractivity contribution in [2.75, 3.05) is 6.61 Å². The zero-order chi connectivity index (χ0) is 13.0. The molecule has 0 amide bonds. The number of hydrogen-bond acceptors (Lipinski definition) is 3. The van der Waals surface area contributed by atoms with E-state index < -0.39 is 0 Å². The standard InChI is InChI=1S/C14H15NO3/c1-2-18-13(16)8-10-15-9-7-11-5-3-4-6-12(11)14(15)17/h3-7,9H,2,8,10H2,1H3. The molecule has 0 radical (unpaired) electrons. The summed E-state index contributed by atoms with van der Waals surface area (Å²) in [5, 5.41) is 1.58. The molecule has 0 bridgehead atoms. The minimum absolute atomic E-state index is 0.0719. The zero-order valence-electron chi connectivity index (χ0n) is 10.3. The van der Waals surface area contributed by atoms with Crippen molar-refractivity contribution in [3.63, 3.8) is 0 Å². The van der Waals surface area contributed by atoms with Crippen LogP contribution in [-0.2, 0) is 16.1 Å². The lowest BCUT2D eigenvalue weighted by molar-refractivity contribution is -0.143. The Balaban J connectivity index is 2.22. The minimum Gasteiger partial charge on any atom is -0.466 e. The maximum Gasteiger partial charge on any atom is 0.307 e. The highest BCUT2D eigenvalue weighted by atomic mass is 16.5. The SMILES string of the molecule is CCOC(=O)CCn1ccc2ccccc2c1=O. The van der Waals surface area contributed by atoms with Crippen LogP contribution >= 0.6 is 0 Å². The van der Waals surface area contributed by atoms with Gasteiger partial charge in [0.05, 0.1) is 13.0 Å². The van der Waals surface area contributed by atoms with E-state index in [0.717, 1.165) is 5.39 Å². The molecular formula is C14H15NO3. The molecule has 0 fully saturated rings. The molecule has 94 valence electrons. The van der Waals surface area contributed by atoms with Gasteiger partial charge in [0, 0.05) is 18.1 Å². The van der Waals surface area contributed by atoms with Crippen molar-refractivity contribution < 1.29 is 9.53 Å². The van der Waals surface area contributed by atoms with Crippen molar-refractivity contribution in [3.05, 3.63) is 46.9 Å². The number of rotatable bonds is 4. The monoisotopic (exact) mass is 245 g/mol. The number of aryl methyl sites for hydroxylation is 1. The number of carbonyl (C=O) groups is 1. The first kappa shape index (κ1) is 12.4. The van der Waals surface area contributed by atoms with Gasteiger partial charge < -0.3 is 9.30 Å². The van der Waals surface area contributed by atoms with Crippen LogP contribution in [0.5, 0.6) is 0 Å². The van der Waals surface area contributed by atoms with Gasteiger partial charge in [-0.25, -0.2) is 0 Å². The Kier molecular flexibility index (Phi) is 3.77. The fraction of sp³-hybridized carbons (Fsp3) is 0.286. The second-order valence-electron chi connectivity index (χ2n) is 3.96. The number of fused-ring (bicyclic) bond motifs is 1. The zero-order valence-corrected chi connectivity index (χ0v) is 10.3. The van der Waals surface area contributed by atoms with Gasteiger partial charge in [-0.05, 0) is 24.4 Å². The molecule has 0 saturated carbocycles. The summed E-state index contributed by atoms with van der Waals surface area (Å²) >= 11 is 0. The molecule has 4 heteroatoms. The van der Waals surface area contributed by atoms with Crippen LogP contribution in [-0.4, -0.2) is 17.1 Å². The fourth-order valence-corrected chi connectivity index (χ4v) is 1.85. The highest BCUT2D eigenvalue weighted by molar-refractivity contribution is 5.81. The van der Waals surface area contributed by atoms with Crippen LogP contribution in [0.25, 0.3) is 10.8 Å². The normalized spacial score (nSPS) is 10.5. The van der Waals surface area contributed by atoms with Crippen LogP contribution in [0.15, 0.2) is 41.3 Å². The third-order valence-electron chi connectivity index (χ3n) is 2.75. The number of carbonyl (C=O) groups excluding carboxylic acids is 1. The van der Waals surface area contributed by atoms with E-state index in [-0.39, 0.29) is 17.9 Å². The van der Waals surface area contributed by atoms with Crippen LogP contribution in [0.1, 0.15) is 13.3 Å². The Morgan fingerprint density at radius 1 is 1.28 bits per heavy atom. The van der Waals surface area contributed by atoms with Gasteiger partial charge in [0.1, 0.15) is 0 Å². The molecule has 0 atom stereocenters. The lowest BCUT2D eigenvalue weighted by Gasteiger charge is -2.06. The molecule has 4 nitrogen and oxygen atoms in total. The second kappa shape index (κ2) is 5.49. The van der Waals surface area contributed by atoms with Crippen molar-refractivity contribution in [1.29, 1.82) is 0 Å². The Morgan fingerprint density at radius 3 is 2.83 bits per heavy atom. The highest BCUT2D eigenvalue weighted by Gasteiger charge is 2.05. The molecular weight excluding hydrogens is 230 g/mol. The van der Waals surface area contributed by atoms with Crippen LogP contribution < -0.4 is 5.56 Å². The van der Waals surface area contributed by atoms with Gasteiger partial charge in [0.15, 0.2) is 0 Å². The number of nitrogens with zero attached hydrogens (tertiary/aromatic N) is 1. The molecule has 0 aliphatic rings. The largest absolute Gasteiger partial charge is 0.466 e. The third-order valence-corrected chi connectivity index (χ3v) is 2.75. The Hall–Kier alpha value is -2.10. The molecule has 1 aromatic heterocycles. The average Bonchev–Trinajstić information content (AvgIpc) is 2.39. The molecule has 1 heterocycles. The van der Waals surface area contributed by atoms with Crippen LogP contribution in [0, 0.1) is 0 Å². The van der Waals surface area contributed by atoms with Gasteiger partial charge in [-0.15, -0.1) is 0 Å². The number of pyridine rings is 1. The van der Waals surface area contributed by atoms with E-state index in [1.165, 1.54) is 0 Å². The van der Waals surface area contributed by atoms with Gasteiger partial charge in [-0.3, -0.25) is 9.59 Å². The molecule has 0 saturated heterocycles. The first-order chi connectivity index (χ1) is 8.72. The van der Waals surface area contributed by atoms with Crippen molar-refractivity contribution in [2.24, 2.45) is 0 Å². The molecule has 1 aromatic carbocycles. The van der Waals surface area contributed by atoms with Crippen molar-refractivity contribution in [1.82, 2.24) is 4.57 Å². The third kappa shape index (κ3) is 2.59. The van der Waals surface area contributed by atoms with Crippen molar-refractivity contribution in [2.45, 2.75) is 19.9 Å².